The average Bonchev–Trinajstić information content (AvgIpc) is 3.42. The van der Waals surface area contributed by atoms with Crippen LogP contribution in [0.4, 0.5) is 0 Å². The van der Waals surface area contributed by atoms with E-state index in [0.29, 0.717) is 5.75 Å². The van der Waals surface area contributed by atoms with Gasteiger partial charge in [-0.2, -0.15) is 12.6 Å². The Hall–Kier alpha value is -3.53. The van der Waals surface area contributed by atoms with Crippen LogP contribution in [0.5, 0.6) is 0 Å². The summed E-state index contributed by atoms with van der Waals surface area (Å²) in [6.07, 6.45) is 9.68. The topological polar surface area (TPSA) is 4.93 Å². The Labute approximate surface area is 221 Å². The third kappa shape index (κ3) is 3.89. The summed E-state index contributed by atoms with van der Waals surface area (Å²) in [7, 11) is 0. The molecule has 0 radical (unpaired) electrons. The molecule has 0 spiro atoms. The Morgan fingerprint density at radius 1 is 1.00 bits per heavy atom. The molecule has 0 saturated heterocycles. The van der Waals surface area contributed by atoms with Crippen molar-refractivity contribution in [3.8, 4) is 16.8 Å². The van der Waals surface area contributed by atoms with Crippen LogP contribution in [0.1, 0.15) is 29.4 Å². The summed E-state index contributed by atoms with van der Waals surface area (Å²) >= 11 is 6.63. The lowest BCUT2D eigenvalue weighted by atomic mass is 9.99. The van der Waals surface area contributed by atoms with E-state index in [1.165, 1.54) is 60.2 Å². The monoisotopic (exact) mass is 501 g/mol. The lowest BCUT2D eigenvalue weighted by Gasteiger charge is -2.14. The minimum atomic E-state index is 0.657. The third-order valence-electron chi connectivity index (χ3n) is 7.10. The third-order valence-corrected chi connectivity index (χ3v) is 8.28. The van der Waals surface area contributed by atoms with Gasteiger partial charge in [-0.05, 0) is 69.1 Å². The molecular weight excluding hydrogens is 475 g/mol. The van der Waals surface area contributed by atoms with Crippen molar-refractivity contribution in [1.29, 1.82) is 0 Å². The van der Waals surface area contributed by atoms with Crippen molar-refractivity contribution in [2.75, 3.05) is 0 Å². The van der Waals surface area contributed by atoms with Gasteiger partial charge in [0, 0.05) is 45.1 Å². The van der Waals surface area contributed by atoms with Crippen molar-refractivity contribution in [2.24, 2.45) is 0 Å². The van der Waals surface area contributed by atoms with E-state index in [9.17, 15) is 0 Å². The summed E-state index contributed by atoms with van der Waals surface area (Å²) in [4.78, 5) is 0. The molecule has 0 aliphatic heterocycles. The maximum atomic E-state index is 4.84. The van der Waals surface area contributed by atoms with Crippen LogP contribution in [0, 0.1) is 0 Å². The highest BCUT2D eigenvalue weighted by Gasteiger charge is 2.23. The molecule has 6 rings (SSSR count). The van der Waals surface area contributed by atoms with Gasteiger partial charge < -0.3 is 4.57 Å². The molecule has 0 bridgehead atoms. The molecule has 36 heavy (non-hydrogen) atoms. The zero-order valence-electron chi connectivity index (χ0n) is 20.2. The fourth-order valence-corrected chi connectivity index (χ4v) is 6.41. The second-order valence-electron chi connectivity index (χ2n) is 9.17. The van der Waals surface area contributed by atoms with E-state index in [4.69, 9.17) is 12.6 Å². The summed E-state index contributed by atoms with van der Waals surface area (Å²) in [6, 6.07) is 26.3. The van der Waals surface area contributed by atoms with E-state index in [2.05, 4.69) is 114 Å². The quantitative estimate of drug-likeness (QED) is 0.243. The molecule has 176 valence electrons. The Morgan fingerprint density at radius 3 is 2.64 bits per heavy atom. The summed E-state index contributed by atoms with van der Waals surface area (Å²) in [5.74, 6) is 0.657. The number of thiol groups is 1. The molecule has 0 saturated carbocycles. The van der Waals surface area contributed by atoms with Gasteiger partial charge in [0.2, 0.25) is 0 Å². The highest BCUT2D eigenvalue weighted by Crippen LogP contribution is 2.40. The predicted molar refractivity (Wildman–Crippen MR) is 161 cm³/mol. The molecule has 2 heterocycles. The van der Waals surface area contributed by atoms with Gasteiger partial charge in [-0.3, -0.25) is 0 Å². The fourth-order valence-electron chi connectivity index (χ4n) is 5.28. The number of allylic oxidation sites excluding steroid dienone is 3. The molecule has 5 aromatic rings. The van der Waals surface area contributed by atoms with E-state index in [0.717, 1.165) is 11.6 Å². The Morgan fingerprint density at radius 2 is 1.83 bits per heavy atom. The van der Waals surface area contributed by atoms with Crippen molar-refractivity contribution >= 4 is 52.3 Å². The van der Waals surface area contributed by atoms with Gasteiger partial charge in [-0.1, -0.05) is 79.4 Å². The van der Waals surface area contributed by atoms with E-state index in [1.807, 2.05) is 6.07 Å². The van der Waals surface area contributed by atoms with Crippen molar-refractivity contribution in [2.45, 2.75) is 19.1 Å². The van der Waals surface area contributed by atoms with Crippen LogP contribution in [-0.2, 0) is 12.2 Å². The average molecular weight is 502 g/mol. The molecule has 1 nitrogen and oxygen atoms in total. The van der Waals surface area contributed by atoms with Crippen LogP contribution in [0.3, 0.4) is 0 Å². The molecule has 2 aromatic heterocycles. The first kappa shape index (κ1) is 22.9. The van der Waals surface area contributed by atoms with E-state index in [-0.39, 0.29) is 0 Å². The second-order valence-corrected chi connectivity index (χ2v) is 10.4. The van der Waals surface area contributed by atoms with Crippen LogP contribution in [-0.4, -0.2) is 4.57 Å². The zero-order valence-corrected chi connectivity index (χ0v) is 21.9. The molecule has 0 amide bonds. The molecule has 0 N–H and O–H groups in total. The lowest BCUT2D eigenvalue weighted by Crippen LogP contribution is -2.24. The van der Waals surface area contributed by atoms with Crippen molar-refractivity contribution in [3.63, 3.8) is 0 Å². The smallest absolute Gasteiger partial charge is 0.0456 e. The van der Waals surface area contributed by atoms with Gasteiger partial charge in [0.25, 0.3) is 0 Å². The van der Waals surface area contributed by atoms with Gasteiger partial charge in [0.1, 0.15) is 0 Å². The first-order valence-electron chi connectivity index (χ1n) is 12.2. The highest BCUT2D eigenvalue weighted by molar-refractivity contribution is 7.79. The molecule has 1 aliphatic rings. The van der Waals surface area contributed by atoms with Crippen molar-refractivity contribution in [1.82, 2.24) is 4.57 Å². The maximum Gasteiger partial charge on any atom is 0.0456 e. The van der Waals surface area contributed by atoms with Gasteiger partial charge in [0.05, 0.1) is 0 Å². The number of benzene rings is 3. The molecular formula is C33H27NS2. The lowest BCUT2D eigenvalue weighted by molar-refractivity contribution is 0.928. The highest BCUT2D eigenvalue weighted by atomic mass is 32.1. The number of hydrogen-bond donors (Lipinski definition) is 1. The summed E-state index contributed by atoms with van der Waals surface area (Å²) < 4.78 is 3.74. The maximum absolute atomic E-state index is 4.84. The van der Waals surface area contributed by atoms with E-state index >= 15 is 0 Å². The van der Waals surface area contributed by atoms with E-state index in [1.54, 1.807) is 11.3 Å². The zero-order chi connectivity index (χ0) is 24.6. The summed E-state index contributed by atoms with van der Waals surface area (Å²) in [5.41, 5.74) is 9.99. The van der Waals surface area contributed by atoms with Crippen LogP contribution < -0.4 is 10.4 Å². The Balaban J connectivity index is 1.54. The van der Waals surface area contributed by atoms with Gasteiger partial charge in [-0.15, -0.1) is 11.3 Å². The van der Waals surface area contributed by atoms with Gasteiger partial charge in [-0.25, -0.2) is 0 Å². The first-order chi connectivity index (χ1) is 17.7. The molecule has 0 fully saturated rings. The minimum absolute atomic E-state index is 0.657. The minimum Gasteiger partial charge on any atom is -0.316 e. The van der Waals surface area contributed by atoms with Crippen LogP contribution >= 0.6 is 24.0 Å². The number of aromatic nitrogens is 1. The number of thiophene rings is 1. The molecule has 3 heteroatoms. The number of nitrogens with zero attached hydrogens (tertiary/aromatic N) is 1. The number of fused-ring (bicyclic) bond motifs is 2. The standard InChI is InChI=1S/C33H27NS2/c1-22-8-6-7-9-28(22)23(2)24-14-16-27(17-15-24)34-30-11-5-3-4-10-29(30)33(31(34)21-35)26-13-12-25-18-19-36-32(25)20-26/h3-10,12-20,35H,1,11,21H2,2H3/b28-23+. The van der Waals surface area contributed by atoms with E-state index < -0.39 is 0 Å². The van der Waals surface area contributed by atoms with Gasteiger partial charge >= 0.3 is 0 Å². The molecule has 1 aliphatic carbocycles. The Kier molecular flexibility index (Phi) is 6.04. The molecule has 3 aromatic carbocycles. The Bertz CT molecular complexity index is 1760. The van der Waals surface area contributed by atoms with Crippen molar-refractivity contribution < 1.29 is 0 Å². The predicted octanol–water partition coefficient (Wildman–Crippen LogP) is 7.54. The SMILES string of the molecule is C=c1cccc/c1=C(/C)c1ccc(-n2c3c(c(-c4ccc5ccsc5c4)c2CS)C=CC=CC3)cc1. The van der Waals surface area contributed by atoms with Gasteiger partial charge in [0.15, 0.2) is 0 Å². The van der Waals surface area contributed by atoms with Crippen LogP contribution in [0.25, 0.3) is 45.1 Å². The second kappa shape index (κ2) is 9.50. The largest absolute Gasteiger partial charge is 0.316 e. The number of hydrogen-bond acceptors (Lipinski definition) is 2. The first-order valence-corrected chi connectivity index (χ1v) is 13.7. The fraction of sp³-hybridized carbons (Fsp3) is 0.0909. The molecule has 0 unspecified atom stereocenters. The normalized spacial score (nSPS) is 13.6. The molecule has 0 atom stereocenters. The van der Waals surface area contributed by atoms with Crippen LogP contribution in [0.2, 0.25) is 0 Å². The number of rotatable bonds is 4. The summed E-state index contributed by atoms with van der Waals surface area (Å²) in [6.45, 7) is 6.39. The van der Waals surface area contributed by atoms with Crippen molar-refractivity contribution in [3.05, 3.63) is 129 Å². The summed E-state index contributed by atoms with van der Waals surface area (Å²) in [5, 5.41) is 5.71. The van der Waals surface area contributed by atoms with Crippen LogP contribution in [0.15, 0.2) is 96.4 Å².